The summed E-state index contributed by atoms with van der Waals surface area (Å²) >= 11 is 1.19. The van der Waals surface area contributed by atoms with Gasteiger partial charge in [-0.3, -0.25) is 9.59 Å². The van der Waals surface area contributed by atoms with Crippen LogP contribution in [-0.2, 0) is 4.79 Å². The molecule has 1 aliphatic carbocycles. The van der Waals surface area contributed by atoms with Crippen molar-refractivity contribution < 1.29 is 19.1 Å². The molecule has 7 heteroatoms. The standard InChI is InChI=1S/C19H21FN2O3S/c20-15-9-5-4-8-13(15)18-22-16(11-26-18)17(23)21-10-14(19(24)25)12-6-2-1-3-7-12/h4-5,8-9,11-12,14H,1-3,6-7,10H2,(H,21,23)(H,24,25). The van der Waals surface area contributed by atoms with Crippen LogP contribution in [0.15, 0.2) is 29.6 Å². The quantitative estimate of drug-likeness (QED) is 0.800. The number of amides is 1. The SMILES string of the molecule is O=C(NCC(C(=O)O)C1CCCCC1)c1csc(-c2ccccc2F)n1. The summed E-state index contributed by atoms with van der Waals surface area (Å²) in [6, 6.07) is 6.26. The molecule has 138 valence electrons. The monoisotopic (exact) mass is 376 g/mol. The number of hydrogen-bond donors (Lipinski definition) is 2. The number of carboxylic acids is 1. The van der Waals surface area contributed by atoms with Crippen LogP contribution in [0.4, 0.5) is 4.39 Å². The first-order chi connectivity index (χ1) is 12.6. The minimum absolute atomic E-state index is 0.0887. The van der Waals surface area contributed by atoms with Crippen LogP contribution in [0.2, 0.25) is 0 Å². The van der Waals surface area contributed by atoms with Crippen molar-refractivity contribution in [3.63, 3.8) is 0 Å². The van der Waals surface area contributed by atoms with Crippen LogP contribution in [0.5, 0.6) is 0 Å². The van der Waals surface area contributed by atoms with E-state index in [9.17, 15) is 19.1 Å². The van der Waals surface area contributed by atoms with Gasteiger partial charge in [-0.15, -0.1) is 11.3 Å². The van der Waals surface area contributed by atoms with E-state index in [4.69, 9.17) is 0 Å². The Morgan fingerprint density at radius 1 is 1.27 bits per heavy atom. The summed E-state index contributed by atoms with van der Waals surface area (Å²) in [5, 5.41) is 14.2. The van der Waals surface area contributed by atoms with E-state index in [0.29, 0.717) is 10.6 Å². The van der Waals surface area contributed by atoms with E-state index < -0.39 is 23.6 Å². The lowest BCUT2D eigenvalue weighted by Gasteiger charge is -2.27. The third kappa shape index (κ3) is 4.27. The summed E-state index contributed by atoms with van der Waals surface area (Å²) in [5.74, 6) is -2.17. The zero-order valence-electron chi connectivity index (χ0n) is 14.3. The van der Waals surface area contributed by atoms with Crippen molar-refractivity contribution >= 4 is 23.2 Å². The number of carbonyl (C=O) groups excluding carboxylic acids is 1. The van der Waals surface area contributed by atoms with Crippen molar-refractivity contribution in [2.24, 2.45) is 11.8 Å². The molecule has 2 N–H and O–H groups in total. The van der Waals surface area contributed by atoms with Crippen molar-refractivity contribution in [2.45, 2.75) is 32.1 Å². The smallest absolute Gasteiger partial charge is 0.308 e. The highest BCUT2D eigenvalue weighted by Gasteiger charge is 2.30. The molecule has 1 amide bonds. The highest BCUT2D eigenvalue weighted by atomic mass is 32.1. The zero-order chi connectivity index (χ0) is 18.5. The van der Waals surface area contributed by atoms with Crippen LogP contribution in [-0.4, -0.2) is 28.5 Å². The summed E-state index contributed by atoms with van der Waals surface area (Å²) in [5.41, 5.74) is 0.531. The Bertz CT molecular complexity index is 787. The molecule has 1 atom stereocenters. The van der Waals surface area contributed by atoms with Gasteiger partial charge in [0.05, 0.1) is 5.92 Å². The summed E-state index contributed by atoms with van der Waals surface area (Å²) in [7, 11) is 0. The first-order valence-corrected chi connectivity index (χ1v) is 9.65. The highest BCUT2D eigenvalue weighted by Crippen LogP contribution is 2.30. The number of thiazole rings is 1. The maximum Gasteiger partial charge on any atom is 0.308 e. The molecular formula is C19H21FN2O3S. The van der Waals surface area contributed by atoms with E-state index in [2.05, 4.69) is 10.3 Å². The highest BCUT2D eigenvalue weighted by molar-refractivity contribution is 7.13. The summed E-state index contributed by atoms with van der Waals surface area (Å²) in [6.07, 6.45) is 5.01. The number of halogens is 1. The largest absolute Gasteiger partial charge is 0.481 e. The van der Waals surface area contributed by atoms with Crippen LogP contribution in [0.1, 0.15) is 42.6 Å². The van der Waals surface area contributed by atoms with Crippen LogP contribution < -0.4 is 5.32 Å². The predicted octanol–water partition coefficient (Wildman–Crippen LogP) is 3.96. The molecular weight excluding hydrogens is 355 g/mol. The molecule has 0 aliphatic heterocycles. The lowest BCUT2D eigenvalue weighted by atomic mass is 9.80. The Hall–Kier alpha value is -2.28. The second-order valence-corrected chi connectivity index (χ2v) is 7.43. The van der Waals surface area contributed by atoms with Gasteiger partial charge in [-0.1, -0.05) is 31.4 Å². The van der Waals surface area contributed by atoms with Gasteiger partial charge in [0.25, 0.3) is 5.91 Å². The number of aromatic nitrogens is 1. The Kier molecular flexibility index (Phi) is 5.98. The van der Waals surface area contributed by atoms with Gasteiger partial charge in [0.1, 0.15) is 16.5 Å². The Morgan fingerprint density at radius 2 is 2.00 bits per heavy atom. The van der Waals surface area contributed by atoms with Gasteiger partial charge < -0.3 is 10.4 Å². The third-order valence-corrected chi connectivity index (χ3v) is 5.74. The normalized spacial score (nSPS) is 16.2. The molecule has 5 nitrogen and oxygen atoms in total. The molecule has 1 heterocycles. The molecule has 1 unspecified atom stereocenters. The molecule has 0 spiro atoms. The van der Waals surface area contributed by atoms with Crippen LogP contribution in [0.25, 0.3) is 10.6 Å². The lowest BCUT2D eigenvalue weighted by Crippen LogP contribution is -2.37. The maximum atomic E-state index is 13.8. The molecule has 3 rings (SSSR count). The van der Waals surface area contributed by atoms with Gasteiger partial charge in [-0.2, -0.15) is 0 Å². The van der Waals surface area contributed by atoms with Crippen molar-refractivity contribution in [3.05, 3.63) is 41.2 Å². The van der Waals surface area contributed by atoms with Crippen LogP contribution in [0.3, 0.4) is 0 Å². The van der Waals surface area contributed by atoms with E-state index >= 15 is 0 Å². The summed E-state index contributed by atoms with van der Waals surface area (Å²) in [4.78, 5) is 28.1. The summed E-state index contributed by atoms with van der Waals surface area (Å²) < 4.78 is 13.8. The van der Waals surface area contributed by atoms with Gasteiger partial charge in [-0.05, 0) is 30.9 Å². The number of nitrogens with zero attached hydrogens (tertiary/aromatic N) is 1. The number of carbonyl (C=O) groups is 2. The average Bonchev–Trinajstić information content (AvgIpc) is 3.13. The molecule has 26 heavy (non-hydrogen) atoms. The van der Waals surface area contributed by atoms with Crippen molar-refractivity contribution in [1.29, 1.82) is 0 Å². The minimum Gasteiger partial charge on any atom is -0.481 e. The predicted molar refractivity (Wildman–Crippen MR) is 97.5 cm³/mol. The fraction of sp³-hybridized carbons (Fsp3) is 0.421. The van der Waals surface area contributed by atoms with E-state index in [1.54, 1.807) is 23.6 Å². The molecule has 1 fully saturated rings. The van der Waals surface area contributed by atoms with E-state index in [1.165, 1.54) is 17.4 Å². The Labute approximate surface area is 155 Å². The second-order valence-electron chi connectivity index (χ2n) is 6.57. The van der Waals surface area contributed by atoms with Gasteiger partial charge in [0.2, 0.25) is 0 Å². The first kappa shape index (κ1) is 18.5. The first-order valence-electron chi connectivity index (χ1n) is 8.77. The molecule has 0 bridgehead atoms. The fourth-order valence-electron chi connectivity index (χ4n) is 3.42. The van der Waals surface area contributed by atoms with Gasteiger partial charge in [0, 0.05) is 17.5 Å². The molecule has 1 aliphatic rings. The second kappa shape index (κ2) is 8.40. The third-order valence-electron chi connectivity index (χ3n) is 4.86. The zero-order valence-corrected chi connectivity index (χ0v) is 15.1. The topological polar surface area (TPSA) is 79.3 Å². The maximum absolute atomic E-state index is 13.8. The lowest BCUT2D eigenvalue weighted by molar-refractivity contribution is -0.143. The van der Waals surface area contributed by atoms with Crippen LogP contribution in [0, 0.1) is 17.7 Å². The molecule has 2 aromatic rings. The van der Waals surface area contributed by atoms with E-state index in [0.717, 1.165) is 32.1 Å². The average molecular weight is 376 g/mol. The van der Waals surface area contributed by atoms with Crippen LogP contribution >= 0.6 is 11.3 Å². The minimum atomic E-state index is -0.873. The summed E-state index contributed by atoms with van der Waals surface area (Å²) in [6.45, 7) is 0.0887. The number of nitrogens with one attached hydrogen (secondary N) is 1. The van der Waals surface area contributed by atoms with Crippen molar-refractivity contribution in [1.82, 2.24) is 10.3 Å². The number of rotatable bonds is 6. The van der Waals surface area contributed by atoms with Gasteiger partial charge >= 0.3 is 5.97 Å². The molecule has 1 aromatic carbocycles. The number of benzene rings is 1. The van der Waals surface area contributed by atoms with Crippen molar-refractivity contribution in [3.8, 4) is 10.6 Å². The number of hydrogen-bond acceptors (Lipinski definition) is 4. The van der Waals surface area contributed by atoms with Crippen molar-refractivity contribution in [2.75, 3.05) is 6.54 Å². The van der Waals surface area contributed by atoms with Gasteiger partial charge in [0.15, 0.2) is 0 Å². The van der Waals surface area contributed by atoms with E-state index in [-0.39, 0.29) is 18.2 Å². The molecule has 1 saturated carbocycles. The molecule has 0 saturated heterocycles. The molecule has 1 aromatic heterocycles. The number of carboxylic acid groups (broad SMARTS) is 1. The fourth-order valence-corrected chi connectivity index (χ4v) is 4.25. The Morgan fingerprint density at radius 3 is 2.69 bits per heavy atom. The van der Waals surface area contributed by atoms with Gasteiger partial charge in [-0.25, -0.2) is 9.37 Å². The molecule has 0 radical (unpaired) electrons. The Balaban J connectivity index is 1.64. The number of aliphatic carboxylic acids is 1. The van der Waals surface area contributed by atoms with E-state index in [1.807, 2.05) is 0 Å².